The van der Waals surface area contributed by atoms with Gasteiger partial charge in [0.15, 0.2) is 0 Å². The summed E-state index contributed by atoms with van der Waals surface area (Å²) in [5.41, 5.74) is 2.75. The van der Waals surface area contributed by atoms with Gasteiger partial charge in [-0.25, -0.2) is 0 Å². The van der Waals surface area contributed by atoms with E-state index in [0.29, 0.717) is 17.9 Å². The highest BCUT2D eigenvalue weighted by Gasteiger charge is 2.07. The number of aliphatic hydroxyl groups is 1. The van der Waals surface area contributed by atoms with Crippen molar-refractivity contribution in [2.75, 3.05) is 13.2 Å². The SMILES string of the molecule is CC(C)Cc1ccc(C(C)NCC(C)CCO)cc1. The number of benzene rings is 1. The number of hydrogen-bond donors (Lipinski definition) is 2. The quantitative estimate of drug-likeness (QED) is 0.751. The summed E-state index contributed by atoms with van der Waals surface area (Å²) in [5, 5.41) is 12.4. The van der Waals surface area contributed by atoms with Crippen molar-refractivity contribution >= 4 is 0 Å². The van der Waals surface area contributed by atoms with Crippen molar-refractivity contribution in [2.24, 2.45) is 11.8 Å². The standard InChI is InChI=1S/C17H29NO/c1-13(2)11-16-5-7-17(8-6-16)15(4)18-12-14(3)9-10-19/h5-8,13-15,18-19H,9-12H2,1-4H3. The van der Waals surface area contributed by atoms with Crippen LogP contribution in [0.5, 0.6) is 0 Å². The van der Waals surface area contributed by atoms with Gasteiger partial charge < -0.3 is 10.4 Å². The van der Waals surface area contributed by atoms with Gasteiger partial charge in [-0.05, 0) is 49.3 Å². The molecule has 1 rings (SSSR count). The summed E-state index contributed by atoms with van der Waals surface area (Å²) in [4.78, 5) is 0. The molecule has 2 unspecified atom stereocenters. The first-order valence-electron chi connectivity index (χ1n) is 7.46. The molecule has 0 fully saturated rings. The lowest BCUT2D eigenvalue weighted by atomic mass is 9.99. The van der Waals surface area contributed by atoms with Crippen molar-refractivity contribution in [1.82, 2.24) is 5.32 Å². The first-order chi connectivity index (χ1) is 9.02. The summed E-state index contributed by atoms with van der Waals surface area (Å²) in [7, 11) is 0. The van der Waals surface area contributed by atoms with Crippen LogP contribution >= 0.6 is 0 Å². The van der Waals surface area contributed by atoms with Crippen molar-refractivity contribution in [2.45, 2.75) is 46.6 Å². The van der Waals surface area contributed by atoms with Gasteiger partial charge in [0.25, 0.3) is 0 Å². The number of rotatable bonds is 8. The van der Waals surface area contributed by atoms with E-state index in [-0.39, 0.29) is 6.61 Å². The molecule has 0 bridgehead atoms. The second-order valence-electron chi connectivity index (χ2n) is 6.09. The number of nitrogens with one attached hydrogen (secondary N) is 1. The molecule has 2 nitrogen and oxygen atoms in total. The molecule has 0 radical (unpaired) electrons. The zero-order chi connectivity index (χ0) is 14.3. The normalized spacial score (nSPS) is 14.6. The van der Waals surface area contributed by atoms with E-state index in [9.17, 15) is 0 Å². The molecular weight excluding hydrogens is 234 g/mol. The lowest BCUT2D eigenvalue weighted by molar-refractivity contribution is 0.258. The zero-order valence-corrected chi connectivity index (χ0v) is 12.8. The van der Waals surface area contributed by atoms with Crippen molar-refractivity contribution in [3.05, 3.63) is 35.4 Å². The molecule has 0 saturated carbocycles. The molecule has 2 heteroatoms. The summed E-state index contributed by atoms with van der Waals surface area (Å²) < 4.78 is 0. The van der Waals surface area contributed by atoms with Crippen LogP contribution in [0.1, 0.15) is 51.3 Å². The highest BCUT2D eigenvalue weighted by molar-refractivity contribution is 5.25. The third kappa shape index (κ3) is 6.22. The average molecular weight is 263 g/mol. The van der Waals surface area contributed by atoms with E-state index < -0.39 is 0 Å². The van der Waals surface area contributed by atoms with Crippen LogP contribution in [0.3, 0.4) is 0 Å². The van der Waals surface area contributed by atoms with E-state index in [4.69, 9.17) is 5.11 Å². The van der Waals surface area contributed by atoms with Gasteiger partial charge in [0.2, 0.25) is 0 Å². The Morgan fingerprint density at radius 2 is 1.68 bits per heavy atom. The Balaban J connectivity index is 2.46. The van der Waals surface area contributed by atoms with Gasteiger partial charge in [0.1, 0.15) is 0 Å². The number of aliphatic hydroxyl groups excluding tert-OH is 1. The second kappa shape index (κ2) is 8.34. The molecule has 0 aromatic heterocycles. The van der Waals surface area contributed by atoms with Crippen LogP contribution in [0.15, 0.2) is 24.3 Å². The van der Waals surface area contributed by atoms with Crippen molar-refractivity contribution in [3.8, 4) is 0 Å². The maximum Gasteiger partial charge on any atom is 0.0434 e. The van der Waals surface area contributed by atoms with Gasteiger partial charge in [0, 0.05) is 12.6 Å². The predicted octanol–water partition coefficient (Wildman–Crippen LogP) is 3.55. The van der Waals surface area contributed by atoms with E-state index in [1.807, 2.05) is 0 Å². The Kier molecular flexibility index (Phi) is 7.11. The Labute approximate surface area is 118 Å². The zero-order valence-electron chi connectivity index (χ0n) is 12.8. The second-order valence-corrected chi connectivity index (χ2v) is 6.09. The molecule has 2 atom stereocenters. The Hall–Kier alpha value is -0.860. The molecule has 0 aliphatic rings. The third-order valence-electron chi connectivity index (χ3n) is 3.52. The summed E-state index contributed by atoms with van der Waals surface area (Å²) in [6.45, 7) is 10.1. The maximum atomic E-state index is 8.89. The van der Waals surface area contributed by atoms with Gasteiger partial charge >= 0.3 is 0 Å². The molecular formula is C17H29NO. The highest BCUT2D eigenvalue weighted by Crippen LogP contribution is 2.16. The van der Waals surface area contributed by atoms with Crippen LogP contribution in [0.2, 0.25) is 0 Å². The van der Waals surface area contributed by atoms with Crippen LogP contribution < -0.4 is 5.32 Å². The van der Waals surface area contributed by atoms with Crippen molar-refractivity contribution in [1.29, 1.82) is 0 Å². The fourth-order valence-electron chi connectivity index (χ4n) is 2.23. The van der Waals surface area contributed by atoms with Gasteiger partial charge in [-0.2, -0.15) is 0 Å². The summed E-state index contributed by atoms with van der Waals surface area (Å²) >= 11 is 0. The minimum Gasteiger partial charge on any atom is -0.396 e. The molecule has 0 aliphatic carbocycles. The van der Waals surface area contributed by atoms with E-state index >= 15 is 0 Å². The monoisotopic (exact) mass is 263 g/mol. The first kappa shape index (κ1) is 16.2. The molecule has 19 heavy (non-hydrogen) atoms. The maximum absolute atomic E-state index is 8.89. The van der Waals surface area contributed by atoms with E-state index in [2.05, 4.69) is 57.3 Å². The van der Waals surface area contributed by atoms with E-state index in [1.54, 1.807) is 0 Å². The fourth-order valence-corrected chi connectivity index (χ4v) is 2.23. The van der Waals surface area contributed by atoms with E-state index in [0.717, 1.165) is 19.4 Å². The van der Waals surface area contributed by atoms with Crippen molar-refractivity contribution in [3.63, 3.8) is 0 Å². The molecule has 0 amide bonds. The minimum atomic E-state index is 0.279. The third-order valence-corrected chi connectivity index (χ3v) is 3.52. The topological polar surface area (TPSA) is 32.3 Å². The van der Waals surface area contributed by atoms with Crippen LogP contribution in [0.4, 0.5) is 0 Å². The van der Waals surface area contributed by atoms with Crippen LogP contribution in [-0.4, -0.2) is 18.3 Å². The molecule has 0 spiro atoms. The summed E-state index contributed by atoms with van der Waals surface area (Å²) in [5.74, 6) is 1.23. The molecule has 1 aromatic carbocycles. The average Bonchev–Trinajstić information content (AvgIpc) is 2.36. The predicted molar refractivity (Wildman–Crippen MR) is 82.3 cm³/mol. The molecule has 0 aliphatic heterocycles. The van der Waals surface area contributed by atoms with Gasteiger partial charge in [-0.3, -0.25) is 0 Å². The molecule has 1 aromatic rings. The Bertz CT molecular complexity index is 345. The lowest BCUT2D eigenvalue weighted by Gasteiger charge is -2.18. The highest BCUT2D eigenvalue weighted by atomic mass is 16.3. The Morgan fingerprint density at radius 1 is 1.05 bits per heavy atom. The molecule has 2 N–H and O–H groups in total. The fraction of sp³-hybridized carbons (Fsp3) is 0.647. The summed E-state index contributed by atoms with van der Waals surface area (Å²) in [6.07, 6.45) is 2.02. The van der Waals surface area contributed by atoms with Gasteiger partial charge in [-0.1, -0.05) is 45.0 Å². The Morgan fingerprint density at radius 3 is 2.21 bits per heavy atom. The lowest BCUT2D eigenvalue weighted by Crippen LogP contribution is -2.25. The van der Waals surface area contributed by atoms with Gasteiger partial charge in [0.05, 0.1) is 0 Å². The smallest absolute Gasteiger partial charge is 0.0434 e. The molecule has 108 valence electrons. The molecule has 0 heterocycles. The molecule has 0 saturated heterocycles. The summed E-state index contributed by atoms with van der Waals surface area (Å²) in [6, 6.07) is 9.31. The van der Waals surface area contributed by atoms with Crippen LogP contribution in [0.25, 0.3) is 0 Å². The largest absolute Gasteiger partial charge is 0.396 e. The van der Waals surface area contributed by atoms with E-state index in [1.165, 1.54) is 11.1 Å². The first-order valence-corrected chi connectivity index (χ1v) is 7.46. The minimum absolute atomic E-state index is 0.279. The van der Waals surface area contributed by atoms with Crippen LogP contribution in [-0.2, 0) is 6.42 Å². The van der Waals surface area contributed by atoms with Crippen molar-refractivity contribution < 1.29 is 5.11 Å². The van der Waals surface area contributed by atoms with Crippen LogP contribution in [0, 0.1) is 11.8 Å². The number of hydrogen-bond acceptors (Lipinski definition) is 2. The van der Waals surface area contributed by atoms with Gasteiger partial charge in [-0.15, -0.1) is 0 Å².